The molecule has 4 nitrogen and oxygen atoms in total. The highest BCUT2D eigenvalue weighted by Gasteiger charge is 2.19. The monoisotopic (exact) mass is 310 g/mol. The first-order chi connectivity index (χ1) is 10.1. The first-order valence-electron chi connectivity index (χ1n) is 7.73. The van der Waals surface area contributed by atoms with E-state index in [4.69, 9.17) is 11.6 Å². The van der Waals surface area contributed by atoms with Crippen molar-refractivity contribution in [2.24, 2.45) is 11.8 Å². The number of non-ortho nitro benzene ring substituents is 1. The normalized spacial score (nSPS) is 22.2. The third kappa shape index (κ3) is 4.68. The highest BCUT2D eigenvalue weighted by atomic mass is 35.5. The van der Waals surface area contributed by atoms with Gasteiger partial charge in [-0.25, -0.2) is 0 Å². The van der Waals surface area contributed by atoms with E-state index >= 15 is 0 Å². The summed E-state index contributed by atoms with van der Waals surface area (Å²) in [5, 5.41) is 14.6. The van der Waals surface area contributed by atoms with Crippen molar-refractivity contribution in [1.82, 2.24) is 5.32 Å². The van der Waals surface area contributed by atoms with Crippen molar-refractivity contribution in [3.05, 3.63) is 38.9 Å². The maximum absolute atomic E-state index is 10.7. The van der Waals surface area contributed by atoms with Gasteiger partial charge in [0.25, 0.3) is 5.69 Å². The minimum absolute atomic E-state index is 0.0432. The van der Waals surface area contributed by atoms with Gasteiger partial charge in [0.15, 0.2) is 0 Å². The van der Waals surface area contributed by atoms with Gasteiger partial charge >= 0.3 is 0 Å². The highest BCUT2D eigenvalue weighted by Crippen LogP contribution is 2.30. The Morgan fingerprint density at radius 2 is 1.95 bits per heavy atom. The molecule has 0 saturated heterocycles. The fourth-order valence-electron chi connectivity index (χ4n) is 3.05. The van der Waals surface area contributed by atoms with Gasteiger partial charge in [0.05, 0.1) is 9.95 Å². The highest BCUT2D eigenvalue weighted by molar-refractivity contribution is 6.31. The van der Waals surface area contributed by atoms with Crippen LogP contribution in [-0.2, 0) is 6.54 Å². The summed E-state index contributed by atoms with van der Waals surface area (Å²) in [6.45, 7) is 3.95. The Morgan fingerprint density at radius 3 is 2.52 bits per heavy atom. The smallest absolute Gasteiger partial charge is 0.270 e. The van der Waals surface area contributed by atoms with Crippen LogP contribution in [0.1, 0.15) is 44.6 Å². The second-order valence-electron chi connectivity index (χ2n) is 5.96. The largest absolute Gasteiger partial charge is 0.312 e. The molecule has 0 heterocycles. The van der Waals surface area contributed by atoms with Crippen molar-refractivity contribution in [3.63, 3.8) is 0 Å². The Kier molecular flexibility index (Phi) is 6.00. The molecule has 0 aromatic heterocycles. The molecule has 1 aliphatic carbocycles. The van der Waals surface area contributed by atoms with Gasteiger partial charge in [0.1, 0.15) is 0 Å². The quantitative estimate of drug-likeness (QED) is 0.619. The number of nitrogens with zero attached hydrogens (tertiary/aromatic N) is 1. The standard InChI is InChI=1S/C16H23ClN2O2/c1-2-12-3-5-13(6-4-12)10-18-11-14-7-8-15(19(20)21)9-16(14)17/h7-9,12-13,18H,2-6,10-11H2,1H3. The van der Waals surface area contributed by atoms with Crippen LogP contribution in [0.5, 0.6) is 0 Å². The zero-order valence-corrected chi connectivity index (χ0v) is 13.2. The molecule has 5 heteroatoms. The van der Waals surface area contributed by atoms with Crippen LogP contribution in [0.2, 0.25) is 5.02 Å². The van der Waals surface area contributed by atoms with Gasteiger partial charge in [-0.3, -0.25) is 10.1 Å². The van der Waals surface area contributed by atoms with Gasteiger partial charge in [-0.1, -0.05) is 37.8 Å². The van der Waals surface area contributed by atoms with Crippen LogP contribution in [0.4, 0.5) is 5.69 Å². The van der Waals surface area contributed by atoms with Crippen LogP contribution in [0.15, 0.2) is 18.2 Å². The first kappa shape index (κ1) is 16.2. The Bertz CT molecular complexity index is 485. The molecule has 0 radical (unpaired) electrons. The molecule has 1 fully saturated rings. The summed E-state index contributed by atoms with van der Waals surface area (Å²) in [5.74, 6) is 1.68. The SMILES string of the molecule is CCC1CCC(CNCc2ccc([N+](=O)[O-])cc2Cl)CC1. The molecule has 0 amide bonds. The van der Waals surface area contributed by atoms with Gasteiger partial charge in [-0.2, -0.15) is 0 Å². The van der Waals surface area contributed by atoms with Crippen molar-refractivity contribution in [2.75, 3.05) is 6.54 Å². The molecule has 1 aliphatic rings. The number of hydrogen-bond donors (Lipinski definition) is 1. The fraction of sp³-hybridized carbons (Fsp3) is 0.625. The van der Waals surface area contributed by atoms with Gasteiger partial charge < -0.3 is 5.32 Å². The van der Waals surface area contributed by atoms with Gasteiger partial charge in [0.2, 0.25) is 0 Å². The molecule has 1 N–H and O–H groups in total. The van der Waals surface area contributed by atoms with E-state index < -0.39 is 4.92 Å². The lowest BCUT2D eigenvalue weighted by molar-refractivity contribution is -0.384. The lowest BCUT2D eigenvalue weighted by atomic mass is 9.81. The summed E-state index contributed by atoms with van der Waals surface area (Å²) in [7, 11) is 0. The van der Waals surface area contributed by atoms with Gasteiger partial charge in [0, 0.05) is 18.7 Å². The fourth-order valence-corrected chi connectivity index (χ4v) is 3.29. The van der Waals surface area contributed by atoms with Gasteiger partial charge in [-0.15, -0.1) is 0 Å². The molecule has 0 spiro atoms. The van der Waals surface area contributed by atoms with Crippen LogP contribution in [0.25, 0.3) is 0 Å². The maximum Gasteiger partial charge on any atom is 0.270 e. The maximum atomic E-state index is 10.7. The van der Waals surface area contributed by atoms with Crippen molar-refractivity contribution < 1.29 is 4.92 Å². The lowest BCUT2D eigenvalue weighted by Gasteiger charge is -2.28. The summed E-state index contributed by atoms with van der Waals surface area (Å²) < 4.78 is 0. The number of nitro groups is 1. The first-order valence-corrected chi connectivity index (χ1v) is 8.11. The number of benzene rings is 1. The van der Waals surface area contributed by atoms with Crippen LogP contribution >= 0.6 is 11.6 Å². The minimum atomic E-state index is -0.421. The zero-order chi connectivity index (χ0) is 15.2. The second-order valence-corrected chi connectivity index (χ2v) is 6.37. The molecule has 2 rings (SSSR count). The molecular formula is C16H23ClN2O2. The van der Waals surface area contributed by atoms with E-state index in [2.05, 4.69) is 12.2 Å². The molecule has 21 heavy (non-hydrogen) atoms. The van der Waals surface area contributed by atoms with E-state index in [1.54, 1.807) is 6.07 Å². The lowest BCUT2D eigenvalue weighted by Crippen LogP contribution is -2.26. The molecule has 0 bridgehead atoms. The molecule has 1 saturated carbocycles. The Morgan fingerprint density at radius 1 is 1.29 bits per heavy atom. The van der Waals surface area contributed by atoms with Crippen LogP contribution in [0.3, 0.4) is 0 Å². The van der Waals surface area contributed by atoms with E-state index in [0.717, 1.165) is 23.9 Å². The summed E-state index contributed by atoms with van der Waals surface area (Å²) >= 11 is 6.09. The summed E-state index contributed by atoms with van der Waals surface area (Å²) in [6.07, 6.45) is 6.61. The third-order valence-electron chi connectivity index (χ3n) is 4.54. The van der Waals surface area contributed by atoms with E-state index in [-0.39, 0.29) is 5.69 Å². The molecular weight excluding hydrogens is 288 g/mol. The number of halogens is 1. The number of hydrogen-bond acceptors (Lipinski definition) is 3. The zero-order valence-electron chi connectivity index (χ0n) is 12.5. The van der Waals surface area contributed by atoms with Crippen molar-refractivity contribution in [2.45, 2.75) is 45.6 Å². The van der Waals surface area contributed by atoms with Gasteiger partial charge in [-0.05, 0) is 42.9 Å². The Hall–Kier alpha value is -1.13. The minimum Gasteiger partial charge on any atom is -0.312 e. The average molecular weight is 311 g/mol. The van der Waals surface area contributed by atoms with E-state index in [1.807, 2.05) is 0 Å². The summed E-state index contributed by atoms with van der Waals surface area (Å²) in [6, 6.07) is 4.67. The predicted octanol–water partition coefficient (Wildman–Crippen LogP) is 4.55. The average Bonchev–Trinajstić information content (AvgIpc) is 2.49. The van der Waals surface area contributed by atoms with Crippen molar-refractivity contribution >= 4 is 17.3 Å². The Labute approximate surface area is 131 Å². The van der Waals surface area contributed by atoms with E-state index in [0.29, 0.717) is 11.6 Å². The van der Waals surface area contributed by atoms with E-state index in [1.165, 1.54) is 44.2 Å². The number of rotatable bonds is 6. The van der Waals surface area contributed by atoms with Crippen molar-refractivity contribution in [1.29, 1.82) is 0 Å². The Balaban J connectivity index is 1.77. The van der Waals surface area contributed by atoms with E-state index in [9.17, 15) is 10.1 Å². The third-order valence-corrected chi connectivity index (χ3v) is 4.89. The topological polar surface area (TPSA) is 55.2 Å². The molecule has 1 aromatic carbocycles. The molecule has 0 atom stereocenters. The molecule has 116 valence electrons. The van der Waals surface area contributed by atoms with Crippen LogP contribution in [-0.4, -0.2) is 11.5 Å². The number of nitrogens with one attached hydrogen (secondary N) is 1. The van der Waals surface area contributed by atoms with Crippen molar-refractivity contribution in [3.8, 4) is 0 Å². The molecule has 1 aromatic rings. The molecule has 0 aliphatic heterocycles. The van der Waals surface area contributed by atoms with Crippen LogP contribution < -0.4 is 5.32 Å². The summed E-state index contributed by atoms with van der Waals surface area (Å²) in [4.78, 5) is 10.2. The molecule has 0 unspecified atom stereocenters. The summed E-state index contributed by atoms with van der Waals surface area (Å²) in [5.41, 5.74) is 0.964. The second kappa shape index (κ2) is 7.76. The number of nitro benzene ring substituents is 1. The predicted molar refractivity (Wildman–Crippen MR) is 85.6 cm³/mol. The van der Waals surface area contributed by atoms with Crippen LogP contribution in [0, 0.1) is 22.0 Å².